The molecule has 4 nitrogen and oxygen atoms in total. The lowest BCUT2D eigenvalue weighted by atomic mass is 10.3. The first-order chi connectivity index (χ1) is 6.15. The lowest BCUT2D eigenvalue weighted by molar-refractivity contribution is 0.1000. The highest BCUT2D eigenvalue weighted by molar-refractivity contribution is 9.10. The van der Waals surface area contributed by atoms with E-state index in [1.165, 1.54) is 6.20 Å². The van der Waals surface area contributed by atoms with Crippen molar-refractivity contribution in [3.63, 3.8) is 0 Å². The van der Waals surface area contributed by atoms with Crippen LogP contribution in [-0.2, 0) is 0 Å². The molecule has 0 fully saturated rings. The minimum absolute atomic E-state index is 0.357. The zero-order valence-corrected chi connectivity index (χ0v) is 8.67. The maximum absolute atomic E-state index is 10.7. The Morgan fingerprint density at radius 1 is 1.77 bits per heavy atom. The van der Waals surface area contributed by atoms with Crippen LogP contribution in [0.5, 0.6) is 5.88 Å². The molecule has 1 heterocycles. The number of primary amides is 1. The lowest BCUT2D eigenvalue weighted by Crippen LogP contribution is -2.11. The molecule has 1 aromatic rings. The van der Waals surface area contributed by atoms with Crippen molar-refractivity contribution in [1.82, 2.24) is 4.98 Å². The van der Waals surface area contributed by atoms with Crippen LogP contribution in [-0.4, -0.2) is 17.5 Å². The van der Waals surface area contributed by atoms with Gasteiger partial charge in [0.1, 0.15) is 0 Å². The highest BCUT2D eigenvalue weighted by Crippen LogP contribution is 2.22. The van der Waals surface area contributed by atoms with E-state index in [0.717, 1.165) is 0 Å². The summed E-state index contributed by atoms with van der Waals surface area (Å²) < 4.78 is 5.79. The van der Waals surface area contributed by atoms with Gasteiger partial charge in [-0.1, -0.05) is 0 Å². The highest BCUT2D eigenvalue weighted by Gasteiger charge is 2.06. The largest absolute Gasteiger partial charge is 0.477 e. The van der Waals surface area contributed by atoms with Crippen molar-refractivity contribution in [2.75, 3.05) is 6.61 Å². The van der Waals surface area contributed by atoms with Crippen molar-refractivity contribution >= 4 is 21.8 Å². The van der Waals surface area contributed by atoms with Crippen LogP contribution in [0.4, 0.5) is 0 Å². The summed E-state index contributed by atoms with van der Waals surface area (Å²) in [7, 11) is 0. The normalized spacial score (nSPS) is 9.69. The smallest absolute Gasteiger partial charge is 0.250 e. The van der Waals surface area contributed by atoms with Gasteiger partial charge in [-0.15, -0.1) is 0 Å². The molecule has 0 aliphatic heterocycles. The number of carbonyl (C=O) groups is 1. The van der Waals surface area contributed by atoms with Gasteiger partial charge in [-0.3, -0.25) is 4.79 Å². The fraction of sp³-hybridized carbons (Fsp3) is 0.250. The number of aromatic nitrogens is 1. The molecular formula is C8H9BrN2O2. The van der Waals surface area contributed by atoms with Gasteiger partial charge in [-0.2, -0.15) is 0 Å². The van der Waals surface area contributed by atoms with E-state index in [1.807, 2.05) is 6.92 Å². The molecule has 0 aliphatic carbocycles. The molecule has 70 valence electrons. The van der Waals surface area contributed by atoms with E-state index in [4.69, 9.17) is 10.5 Å². The molecule has 0 aliphatic rings. The Morgan fingerprint density at radius 3 is 2.92 bits per heavy atom. The van der Waals surface area contributed by atoms with Crippen LogP contribution in [0.2, 0.25) is 0 Å². The molecule has 0 aromatic carbocycles. The monoisotopic (exact) mass is 244 g/mol. The number of nitrogens with two attached hydrogens (primary N) is 1. The first-order valence-corrected chi connectivity index (χ1v) is 4.52. The predicted octanol–water partition coefficient (Wildman–Crippen LogP) is 1.34. The van der Waals surface area contributed by atoms with Gasteiger partial charge in [-0.05, 0) is 28.9 Å². The number of halogens is 1. The van der Waals surface area contributed by atoms with Crippen LogP contribution < -0.4 is 10.5 Å². The first-order valence-electron chi connectivity index (χ1n) is 3.73. The van der Waals surface area contributed by atoms with E-state index < -0.39 is 5.91 Å². The summed E-state index contributed by atoms with van der Waals surface area (Å²) in [6.07, 6.45) is 1.39. The summed E-state index contributed by atoms with van der Waals surface area (Å²) in [6, 6.07) is 1.58. The van der Waals surface area contributed by atoms with Gasteiger partial charge < -0.3 is 10.5 Å². The first kappa shape index (κ1) is 9.98. The van der Waals surface area contributed by atoms with Crippen molar-refractivity contribution < 1.29 is 9.53 Å². The summed E-state index contributed by atoms with van der Waals surface area (Å²) in [5.41, 5.74) is 5.42. The average Bonchev–Trinajstić information content (AvgIpc) is 2.08. The third-order valence-electron chi connectivity index (χ3n) is 1.37. The Hall–Kier alpha value is -1.10. The Labute approximate surface area is 84.2 Å². The molecule has 0 saturated heterocycles. The molecule has 13 heavy (non-hydrogen) atoms. The maximum atomic E-state index is 10.7. The quantitative estimate of drug-likeness (QED) is 0.873. The fourth-order valence-electron chi connectivity index (χ4n) is 0.803. The van der Waals surface area contributed by atoms with E-state index in [2.05, 4.69) is 20.9 Å². The SMILES string of the molecule is CCOc1ncc(C(N)=O)cc1Br. The Bertz CT molecular complexity index is 328. The van der Waals surface area contributed by atoms with E-state index in [9.17, 15) is 4.79 Å². The topological polar surface area (TPSA) is 65.2 Å². The molecule has 0 atom stereocenters. The second-order valence-corrected chi connectivity index (χ2v) is 3.16. The minimum Gasteiger partial charge on any atom is -0.477 e. The summed E-state index contributed by atoms with van der Waals surface area (Å²) >= 11 is 3.22. The van der Waals surface area contributed by atoms with Gasteiger partial charge in [0.2, 0.25) is 11.8 Å². The van der Waals surface area contributed by atoms with Crippen molar-refractivity contribution in [3.8, 4) is 5.88 Å². The minimum atomic E-state index is -0.503. The molecule has 5 heteroatoms. The Kier molecular flexibility index (Phi) is 3.25. The van der Waals surface area contributed by atoms with E-state index >= 15 is 0 Å². The van der Waals surface area contributed by atoms with Crippen LogP contribution in [0, 0.1) is 0 Å². The molecular weight excluding hydrogens is 236 g/mol. The van der Waals surface area contributed by atoms with Gasteiger partial charge >= 0.3 is 0 Å². The number of rotatable bonds is 3. The van der Waals surface area contributed by atoms with Crippen LogP contribution >= 0.6 is 15.9 Å². The number of hydrogen-bond donors (Lipinski definition) is 1. The van der Waals surface area contributed by atoms with Crippen LogP contribution in [0.15, 0.2) is 16.7 Å². The number of nitrogens with zero attached hydrogens (tertiary/aromatic N) is 1. The van der Waals surface area contributed by atoms with Crippen molar-refractivity contribution in [2.24, 2.45) is 5.73 Å². The van der Waals surface area contributed by atoms with Crippen molar-refractivity contribution in [2.45, 2.75) is 6.92 Å². The maximum Gasteiger partial charge on any atom is 0.250 e. The third kappa shape index (κ3) is 2.42. The zero-order valence-electron chi connectivity index (χ0n) is 7.08. The summed E-state index contributed by atoms with van der Waals surface area (Å²) in [4.78, 5) is 14.7. The molecule has 0 unspecified atom stereocenters. The van der Waals surface area contributed by atoms with Crippen molar-refractivity contribution in [1.29, 1.82) is 0 Å². The summed E-state index contributed by atoms with van der Waals surface area (Å²) in [5, 5.41) is 0. The number of ether oxygens (including phenoxy) is 1. The van der Waals surface area contributed by atoms with Gasteiger partial charge in [0.25, 0.3) is 0 Å². The van der Waals surface area contributed by atoms with Gasteiger partial charge in [0, 0.05) is 6.20 Å². The second-order valence-electron chi connectivity index (χ2n) is 2.31. The second kappa shape index (κ2) is 4.23. The molecule has 2 N–H and O–H groups in total. The predicted molar refractivity (Wildman–Crippen MR) is 51.6 cm³/mol. The number of amides is 1. The summed E-state index contributed by atoms with van der Waals surface area (Å²) in [5.74, 6) is -0.0382. The molecule has 0 saturated carbocycles. The van der Waals surface area contributed by atoms with E-state index in [1.54, 1.807) is 6.07 Å². The molecule has 1 aromatic heterocycles. The van der Waals surface area contributed by atoms with Gasteiger partial charge in [-0.25, -0.2) is 4.98 Å². The van der Waals surface area contributed by atoms with E-state index in [-0.39, 0.29) is 0 Å². The molecule has 1 rings (SSSR count). The van der Waals surface area contributed by atoms with Gasteiger partial charge in [0.15, 0.2) is 0 Å². The average molecular weight is 245 g/mol. The Morgan fingerprint density at radius 2 is 2.46 bits per heavy atom. The Balaban J connectivity index is 2.98. The van der Waals surface area contributed by atoms with Crippen LogP contribution in [0.1, 0.15) is 17.3 Å². The lowest BCUT2D eigenvalue weighted by Gasteiger charge is -2.04. The van der Waals surface area contributed by atoms with E-state index in [0.29, 0.717) is 22.5 Å². The fourth-order valence-corrected chi connectivity index (χ4v) is 1.27. The number of hydrogen-bond acceptors (Lipinski definition) is 3. The molecule has 0 bridgehead atoms. The third-order valence-corrected chi connectivity index (χ3v) is 1.94. The number of carbonyl (C=O) groups excluding carboxylic acids is 1. The summed E-state index contributed by atoms with van der Waals surface area (Å²) in [6.45, 7) is 2.39. The zero-order chi connectivity index (χ0) is 9.84. The molecule has 1 amide bonds. The van der Waals surface area contributed by atoms with Crippen molar-refractivity contribution in [3.05, 3.63) is 22.3 Å². The number of pyridine rings is 1. The highest BCUT2D eigenvalue weighted by atomic mass is 79.9. The van der Waals surface area contributed by atoms with Crippen LogP contribution in [0.3, 0.4) is 0 Å². The standard InChI is InChI=1S/C8H9BrN2O2/c1-2-13-8-6(9)3-5(4-11-8)7(10)12/h3-4H,2H2,1H3,(H2,10,12). The molecule has 0 spiro atoms. The van der Waals surface area contributed by atoms with Crippen LogP contribution in [0.25, 0.3) is 0 Å². The molecule has 0 radical (unpaired) electrons. The van der Waals surface area contributed by atoms with Gasteiger partial charge in [0.05, 0.1) is 16.6 Å².